The van der Waals surface area contributed by atoms with Crippen molar-refractivity contribution in [2.24, 2.45) is 0 Å². The summed E-state index contributed by atoms with van der Waals surface area (Å²) in [5, 5.41) is 8.24. The Hall–Kier alpha value is -3.32. The largest absolute Gasteiger partial charge is 0.495 e. The summed E-state index contributed by atoms with van der Waals surface area (Å²) in [6, 6.07) is 19.4. The van der Waals surface area contributed by atoms with E-state index in [-0.39, 0.29) is 11.7 Å². The number of hydrogen-bond donors (Lipinski definition) is 1. The van der Waals surface area contributed by atoms with Gasteiger partial charge in [-0.15, -0.1) is 0 Å². The van der Waals surface area contributed by atoms with Crippen molar-refractivity contribution in [2.45, 2.75) is 19.0 Å². The van der Waals surface area contributed by atoms with Gasteiger partial charge in [0.25, 0.3) is 0 Å². The first-order chi connectivity index (χ1) is 14.6. The van der Waals surface area contributed by atoms with Gasteiger partial charge < -0.3 is 10.1 Å². The van der Waals surface area contributed by atoms with Crippen LogP contribution in [0.1, 0.15) is 11.3 Å². The van der Waals surface area contributed by atoms with E-state index < -0.39 is 0 Å². The molecule has 0 unspecified atom stereocenters. The fourth-order valence-corrected chi connectivity index (χ4v) is 4.10. The number of aromatic nitrogens is 3. The molecular formula is C23H22N4O2S. The highest BCUT2D eigenvalue weighted by atomic mass is 32.2. The van der Waals surface area contributed by atoms with E-state index in [0.29, 0.717) is 16.6 Å². The first-order valence-electron chi connectivity index (χ1n) is 9.55. The topological polar surface area (TPSA) is 68.5 Å². The molecule has 0 saturated heterocycles. The zero-order valence-electron chi connectivity index (χ0n) is 17.0. The van der Waals surface area contributed by atoms with Gasteiger partial charge in [-0.2, -0.15) is 5.10 Å². The fourth-order valence-electron chi connectivity index (χ4n) is 3.36. The number of fused-ring (bicyclic) bond motifs is 1. The van der Waals surface area contributed by atoms with Gasteiger partial charge in [-0.25, -0.2) is 9.50 Å². The van der Waals surface area contributed by atoms with E-state index in [9.17, 15) is 4.79 Å². The summed E-state index contributed by atoms with van der Waals surface area (Å²) in [5.41, 5.74) is 5.49. The average molecular weight is 419 g/mol. The molecule has 2 aromatic heterocycles. The van der Waals surface area contributed by atoms with Crippen LogP contribution in [-0.2, 0) is 4.79 Å². The number of nitrogens with one attached hydrogen (secondary N) is 1. The van der Waals surface area contributed by atoms with Crippen LogP contribution in [0.15, 0.2) is 65.8 Å². The summed E-state index contributed by atoms with van der Waals surface area (Å²) in [6.07, 6.45) is 0. The molecule has 0 saturated carbocycles. The minimum absolute atomic E-state index is 0.133. The summed E-state index contributed by atoms with van der Waals surface area (Å²) >= 11 is 1.36. The second-order valence-corrected chi connectivity index (χ2v) is 7.82. The van der Waals surface area contributed by atoms with E-state index in [2.05, 4.69) is 17.3 Å². The molecule has 0 spiro atoms. The Balaban J connectivity index is 1.62. The van der Waals surface area contributed by atoms with Crippen molar-refractivity contribution in [3.05, 3.63) is 71.9 Å². The zero-order chi connectivity index (χ0) is 21.1. The Labute approximate surface area is 179 Å². The van der Waals surface area contributed by atoms with E-state index in [1.165, 1.54) is 11.8 Å². The number of hydrogen-bond acceptors (Lipinski definition) is 5. The molecule has 2 heterocycles. The quantitative estimate of drug-likeness (QED) is 0.458. The van der Waals surface area contributed by atoms with E-state index in [4.69, 9.17) is 9.72 Å². The second-order valence-electron chi connectivity index (χ2n) is 6.88. The fraction of sp³-hybridized carbons (Fsp3) is 0.174. The Bertz CT molecular complexity index is 1200. The summed E-state index contributed by atoms with van der Waals surface area (Å²) in [5.74, 6) is 0.702. The van der Waals surface area contributed by atoms with Gasteiger partial charge in [0.15, 0.2) is 5.16 Å². The molecule has 6 nitrogen and oxygen atoms in total. The summed E-state index contributed by atoms with van der Waals surface area (Å²) < 4.78 is 7.14. The van der Waals surface area contributed by atoms with Crippen LogP contribution < -0.4 is 10.1 Å². The number of carbonyl (C=O) groups excluding carboxylic acids is 1. The maximum Gasteiger partial charge on any atom is 0.234 e. The molecule has 4 rings (SSSR count). The van der Waals surface area contributed by atoms with Crippen LogP contribution in [0, 0.1) is 13.8 Å². The molecule has 2 aromatic carbocycles. The predicted octanol–water partition coefficient (Wildman–Crippen LogP) is 4.75. The van der Waals surface area contributed by atoms with Gasteiger partial charge in [0.2, 0.25) is 5.91 Å². The number of ether oxygens (including phenoxy) is 1. The van der Waals surface area contributed by atoms with Crippen molar-refractivity contribution in [3.8, 4) is 17.0 Å². The second kappa shape index (κ2) is 8.59. The molecule has 0 aliphatic rings. The number of benzene rings is 2. The number of nitrogens with zero attached hydrogens (tertiary/aromatic N) is 3. The molecule has 1 amide bonds. The monoisotopic (exact) mass is 418 g/mol. The van der Waals surface area contributed by atoms with Crippen molar-refractivity contribution in [1.29, 1.82) is 0 Å². The molecule has 0 fully saturated rings. The number of amides is 1. The van der Waals surface area contributed by atoms with Crippen molar-refractivity contribution >= 4 is 28.9 Å². The molecule has 30 heavy (non-hydrogen) atoms. The van der Waals surface area contributed by atoms with Crippen LogP contribution >= 0.6 is 11.8 Å². The third kappa shape index (κ3) is 4.02. The Morgan fingerprint density at radius 3 is 2.60 bits per heavy atom. The van der Waals surface area contributed by atoms with E-state index in [0.717, 1.165) is 28.0 Å². The van der Waals surface area contributed by atoms with Gasteiger partial charge in [0.1, 0.15) is 5.75 Å². The van der Waals surface area contributed by atoms with E-state index in [1.807, 2.05) is 72.1 Å². The maximum absolute atomic E-state index is 12.6. The van der Waals surface area contributed by atoms with Crippen LogP contribution in [0.5, 0.6) is 5.75 Å². The molecule has 1 N–H and O–H groups in total. The molecule has 0 aliphatic heterocycles. The summed E-state index contributed by atoms with van der Waals surface area (Å²) in [6.45, 7) is 4.01. The van der Waals surface area contributed by atoms with Gasteiger partial charge in [0, 0.05) is 5.56 Å². The van der Waals surface area contributed by atoms with Crippen LogP contribution in [0.25, 0.3) is 16.8 Å². The number of aryl methyl sites for hydroxylation is 2. The predicted molar refractivity (Wildman–Crippen MR) is 120 cm³/mol. The summed E-state index contributed by atoms with van der Waals surface area (Å²) in [4.78, 5) is 17.4. The highest BCUT2D eigenvalue weighted by Gasteiger charge is 2.18. The van der Waals surface area contributed by atoms with Gasteiger partial charge in [-0.3, -0.25) is 4.79 Å². The standard InChI is InChI=1S/C23H22N4O2S/c1-15-13-16(2)26-27-22(15)21(17-9-5-4-6-10-17)25-23(27)30-14-20(28)24-18-11-7-8-12-19(18)29-3/h4-13H,14H2,1-3H3,(H,24,28). The lowest BCUT2D eigenvalue weighted by molar-refractivity contribution is -0.113. The number of carbonyl (C=O) groups is 1. The van der Waals surface area contributed by atoms with E-state index in [1.54, 1.807) is 7.11 Å². The number of methoxy groups -OCH3 is 1. The first-order valence-corrected chi connectivity index (χ1v) is 10.5. The molecule has 152 valence electrons. The van der Waals surface area contributed by atoms with Crippen molar-refractivity contribution in [3.63, 3.8) is 0 Å². The highest BCUT2D eigenvalue weighted by molar-refractivity contribution is 7.99. The van der Waals surface area contributed by atoms with Gasteiger partial charge >= 0.3 is 0 Å². The number of rotatable bonds is 6. The molecule has 4 aromatic rings. The third-order valence-electron chi connectivity index (χ3n) is 4.64. The molecule has 0 aliphatic carbocycles. The third-order valence-corrected chi connectivity index (χ3v) is 5.57. The molecule has 0 bridgehead atoms. The maximum atomic E-state index is 12.6. The molecule has 0 atom stereocenters. The van der Waals surface area contributed by atoms with E-state index >= 15 is 0 Å². The van der Waals surface area contributed by atoms with Crippen molar-refractivity contribution in [1.82, 2.24) is 14.6 Å². The zero-order valence-corrected chi connectivity index (χ0v) is 17.9. The van der Waals surface area contributed by atoms with Crippen LogP contribution in [0.2, 0.25) is 0 Å². The number of anilines is 1. The Kier molecular flexibility index (Phi) is 5.72. The smallest absolute Gasteiger partial charge is 0.234 e. The number of thioether (sulfide) groups is 1. The first kappa shape index (κ1) is 20.0. The molecular weight excluding hydrogens is 396 g/mol. The Morgan fingerprint density at radius 1 is 1.10 bits per heavy atom. The number of imidazole rings is 1. The molecule has 0 radical (unpaired) electrons. The lowest BCUT2D eigenvalue weighted by Gasteiger charge is -2.09. The summed E-state index contributed by atoms with van der Waals surface area (Å²) in [7, 11) is 1.58. The van der Waals surface area contributed by atoms with Crippen molar-refractivity contribution < 1.29 is 9.53 Å². The average Bonchev–Trinajstić information content (AvgIpc) is 3.12. The lowest BCUT2D eigenvalue weighted by Crippen LogP contribution is -2.15. The molecule has 7 heteroatoms. The van der Waals surface area contributed by atoms with Crippen LogP contribution in [-0.4, -0.2) is 33.4 Å². The minimum atomic E-state index is -0.133. The lowest BCUT2D eigenvalue weighted by atomic mass is 10.1. The SMILES string of the molecule is COc1ccccc1NC(=O)CSc1nc(-c2ccccc2)c2c(C)cc(C)nn12. The van der Waals surface area contributed by atoms with Gasteiger partial charge in [-0.1, -0.05) is 54.2 Å². The van der Waals surface area contributed by atoms with Crippen LogP contribution in [0.4, 0.5) is 5.69 Å². The normalized spacial score (nSPS) is 10.9. The van der Waals surface area contributed by atoms with Gasteiger partial charge in [0.05, 0.1) is 35.5 Å². The van der Waals surface area contributed by atoms with Gasteiger partial charge in [-0.05, 0) is 37.6 Å². The van der Waals surface area contributed by atoms with Crippen LogP contribution in [0.3, 0.4) is 0 Å². The Morgan fingerprint density at radius 2 is 1.83 bits per heavy atom. The minimum Gasteiger partial charge on any atom is -0.495 e. The van der Waals surface area contributed by atoms with Crippen molar-refractivity contribution in [2.75, 3.05) is 18.2 Å². The number of para-hydroxylation sites is 2. The highest BCUT2D eigenvalue weighted by Crippen LogP contribution is 2.31.